The summed E-state index contributed by atoms with van der Waals surface area (Å²) >= 11 is 7.02. The van der Waals surface area contributed by atoms with Crippen LogP contribution in [0.2, 0.25) is 5.02 Å². The van der Waals surface area contributed by atoms with Crippen LogP contribution in [0.5, 0.6) is 11.5 Å². The summed E-state index contributed by atoms with van der Waals surface area (Å²) in [6, 6.07) is 11.3. The van der Waals surface area contributed by atoms with Gasteiger partial charge in [0.15, 0.2) is 11.0 Å². The fourth-order valence-electron chi connectivity index (χ4n) is 2.62. The molecule has 10 heteroatoms. The maximum atomic E-state index is 13.3. The second kappa shape index (κ2) is 10.8. The minimum atomic E-state index is -0.520. The van der Waals surface area contributed by atoms with Gasteiger partial charge >= 0.3 is 0 Å². The third-order valence-corrected chi connectivity index (χ3v) is 5.33. The molecule has 0 spiro atoms. The lowest BCUT2D eigenvalue weighted by Gasteiger charge is -2.11. The van der Waals surface area contributed by atoms with Crippen LogP contribution in [0.15, 0.2) is 60.3 Å². The van der Waals surface area contributed by atoms with Crippen LogP contribution >= 0.6 is 23.4 Å². The summed E-state index contributed by atoms with van der Waals surface area (Å²) in [5, 5.41) is 11.6. The van der Waals surface area contributed by atoms with Crippen molar-refractivity contribution in [1.29, 1.82) is 0 Å². The van der Waals surface area contributed by atoms with Gasteiger partial charge in [-0.15, -0.1) is 16.8 Å². The molecule has 1 heterocycles. The van der Waals surface area contributed by atoms with Crippen LogP contribution in [0.4, 0.5) is 10.1 Å². The lowest BCUT2D eigenvalue weighted by atomic mass is 10.3. The first-order valence-electron chi connectivity index (χ1n) is 9.18. The SMILES string of the molecule is C=CCn1c(COc2ccc(F)c(Cl)c2)nnc1SCC(=O)Nc1ccccc1OC. The zero-order chi connectivity index (χ0) is 22.2. The van der Waals surface area contributed by atoms with Gasteiger partial charge in [0.05, 0.1) is 23.6 Å². The van der Waals surface area contributed by atoms with E-state index in [2.05, 4.69) is 22.1 Å². The molecule has 0 aliphatic heterocycles. The lowest BCUT2D eigenvalue weighted by Crippen LogP contribution is -2.15. The van der Waals surface area contributed by atoms with E-state index in [0.29, 0.717) is 34.7 Å². The molecule has 1 N–H and O–H groups in total. The fraction of sp³-hybridized carbons (Fsp3) is 0.190. The van der Waals surface area contributed by atoms with Gasteiger partial charge in [-0.2, -0.15) is 0 Å². The molecule has 1 aromatic heterocycles. The van der Waals surface area contributed by atoms with Crippen molar-refractivity contribution >= 4 is 35.0 Å². The summed E-state index contributed by atoms with van der Waals surface area (Å²) in [7, 11) is 1.54. The highest BCUT2D eigenvalue weighted by molar-refractivity contribution is 7.99. The second-order valence-corrected chi connectivity index (χ2v) is 7.55. The number of amides is 1. The third kappa shape index (κ3) is 5.99. The lowest BCUT2D eigenvalue weighted by molar-refractivity contribution is -0.113. The molecule has 0 aliphatic carbocycles. The molecule has 0 unspecified atom stereocenters. The van der Waals surface area contributed by atoms with Crippen LogP contribution in [0, 0.1) is 5.82 Å². The third-order valence-electron chi connectivity index (χ3n) is 4.08. The van der Waals surface area contributed by atoms with Crippen molar-refractivity contribution in [2.24, 2.45) is 0 Å². The summed E-state index contributed by atoms with van der Waals surface area (Å²) in [6.07, 6.45) is 1.70. The number of anilines is 1. The molecule has 3 aromatic rings. The first-order valence-corrected chi connectivity index (χ1v) is 10.5. The van der Waals surface area contributed by atoms with Gasteiger partial charge in [-0.1, -0.05) is 41.6 Å². The van der Waals surface area contributed by atoms with Crippen molar-refractivity contribution in [3.63, 3.8) is 0 Å². The predicted molar refractivity (Wildman–Crippen MR) is 118 cm³/mol. The van der Waals surface area contributed by atoms with E-state index in [1.54, 1.807) is 29.9 Å². The molecule has 0 saturated heterocycles. The number of aromatic nitrogens is 3. The van der Waals surface area contributed by atoms with Gasteiger partial charge in [-0.05, 0) is 24.3 Å². The molecule has 0 bridgehead atoms. The van der Waals surface area contributed by atoms with E-state index in [1.165, 1.54) is 30.0 Å². The number of hydrogen-bond donors (Lipinski definition) is 1. The van der Waals surface area contributed by atoms with Gasteiger partial charge < -0.3 is 14.8 Å². The number of rotatable bonds is 10. The molecule has 0 atom stereocenters. The number of methoxy groups -OCH3 is 1. The van der Waals surface area contributed by atoms with Gasteiger partial charge in [0.1, 0.15) is 23.9 Å². The first kappa shape index (κ1) is 22.6. The summed E-state index contributed by atoms with van der Waals surface area (Å²) in [5.74, 6) is 0.922. The summed E-state index contributed by atoms with van der Waals surface area (Å²) in [6.45, 7) is 4.28. The van der Waals surface area contributed by atoms with E-state index >= 15 is 0 Å². The molecule has 0 aliphatic rings. The topological polar surface area (TPSA) is 78.3 Å². The van der Waals surface area contributed by atoms with E-state index in [9.17, 15) is 9.18 Å². The highest BCUT2D eigenvalue weighted by atomic mass is 35.5. The minimum Gasteiger partial charge on any atom is -0.495 e. The highest BCUT2D eigenvalue weighted by Crippen LogP contribution is 2.25. The minimum absolute atomic E-state index is 0.0256. The Balaban J connectivity index is 1.63. The number of hydrogen-bond acceptors (Lipinski definition) is 6. The van der Waals surface area contributed by atoms with Crippen molar-refractivity contribution in [3.05, 3.63) is 71.8 Å². The molecule has 0 fully saturated rings. The summed E-state index contributed by atoms with van der Waals surface area (Å²) in [5.41, 5.74) is 0.593. The molecule has 1 amide bonds. The Morgan fingerprint density at radius 2 is 2.13 bits per heavy atom. The smallest absolute Gasteiger partial charge is 0.234 e. The van der Waals surface area contributed by atoms with Crippen LogP contribution < -0.4 is 14.8 Å². The van der Waals surface area contributed by atoms with Gasteiger partial charge in [0, 0.05) is 12.6 Å². The Hall–Kier alpha value is -3.04. The Morgan fingerprint density at radius 3 is 2.87 bits per heavy atom. The number of carbonyl (C=O) groups is 1. The van der Waals surface area contributed by atoms with E-state index in [-0.39, 0.29) is 23.3 Å². The van der Waals surface area contributed by atoms with Crippen molar-refractivity contribution < 1.29 is 18.7 Å². The molecule has 7 nitrogen and oxygen atoms in total. The Bertz CT molecular complexity index is 1080. The number of nitrogens with zero attached hydrogens (tertiary/aromatic N) is 3. The second-order valence-electron chi connectivity index (χ2n) is 6.20. The maximum Gasteiger partial charge on any atom is 0.234 e. The van der Waals surface area contributed by atoms with Gasteiger partial charge in [-0.25, -0.2) is 4.39 Å². The van der Waals surface area contributed by atoms with E-state index < -0.39 is 5.82 Å². The average Bonchev–Trinajstić information content (AvgIpc) is 3.15. The van der Waals surface area contributed by atoms with Gasteiger partial charge in [-0.3, -0.25) is 9.36 Å². The van der Waals surface area contributed by atoms with E-state index in [0.717, 1.165) is 0 Å². The normalized spacial score (nSPS) is 10.5. The highest BCUT2D eigenvalue weighted by Gasteiger charge is 2.15. The monoisotopic (exact) mass is 462 g/mol. The predicted octanol–water partition coefficient (Wildman–Crippen LogP) is 4.58. The first-order chi connectivity index (χ1) is 15.0. The number of nitrogens with one attached hydrogen (secondary N) is 1. The zero-order valence-corrected chi connectivity index (χ0v) is 18.3. The fourth-order valence-corrected chi connectivity index (χ4v) is 3.56. The van der Waals surface area contributed by atoms with Crippen molar-refractivity contribution in [3.8, 4) is 11.5 Å². The quantitative estimate of drug-likeness (QED) is 0.351. The number of halogens is 2. The number of carbonyl (C=O) groups excluding carboxylic acids is 1. The molecule has 0 saturated carbocycles. The molecular weight excluding hydrogens is 443 g/mol. The number of thioether (sulfide) groups is 1. The van der Waals surface area contributed by atoms with E-state index in [4.69, 9.17) is 21.1 Å². The summed E-state index contributed by atoms with van der Waals surface area (Å²) < 4.78 is 26.0. The largest absolute Gasteiger partial charge is 0.495 e. The standard InChI is InChI=1S/C21H20ClFN4O3S/c1-3-10-27-19(12-30-14-8-9-16(23)15(22)11-14)25-26-21(27)31-13-20(28)24-17-6-4-5-7-18(17)29-2/h3-9,11H,1,10,12-13H2,2H3,(H,24,28). The number of para-hydroxylation sites is 2. The Kier molecular flexibility index (Phi) is 7.91. The number of ether oxygens (including phenoxy) is 2. The molecule has 0 radical (unpaired) electrons. The Labute approximate surface area is 188 Å². The van der Waals surface area contributed by atoms with Crippen molar-refractivity contribution in [1.82, 2.24) is 14.8 Å². The molecule has 162 valence electrons. The maximum absolute atomic E-state index is 13.3. The van der Waals surface area contributed by atoms with Crippen LogP contribution in [0.25, 0.3) is 0 Å². The molecule has 2 aromatic carbocycles. The summed E-state index contributed by atoms with van der Waals surface area (Å²) in [4.78, 5) is 12.4. The number of benzene rings is 2. The molecule has 31 heavy (non-hydrogen) atoms. The van der Waals surface area contributed by atoms with Crippen LogP contribution in [0.3, 0.4) is 0 Å². The Morgan fingerprint density at radius 1 is 1.32 bits per heavy atom. The van der Waals surface area contributed by atoms with E-state index in [1.807, 2.05) is 12.1 Å². The van der Waals surface area contributed by atoms with Crippen LogP contribution in [0.1, 0.15) is 5.82 Å². The zero-order valence-electron chi connectivity index (χ0n) is 16.7. The van der Waals surface area contributed by atoms with Gasteiger partial charge in [0.25, 0.3) is 0 Å². The van der Waals surface area contributed by atoms with Crippen molar-refractivity contribution in [2.75, 3.05) is 18.2 Å². The number of allylic oxidation sites excluding steroid dienone is 1. The van der Waals surface area contributed by atoms with Crippen LogP contribution in [-0.2, 0) is 17.9 Å². The molecular formula is C21H20ClFN4O3S. The average molecular weight is 463 g/mol. The van der Waals surface area contributed by atoms with Crippen molar-refractivity contribution in [2.45, 2.75) is 18.3 Å². The van der Waals surface area contributed by atoms with Gasteiger partial charge in [0.2, 0.25) is 5.91 Å². The molecule has 3 rings (SSSR count). The van der Waals surface area contributed by atoms with Crippen LogP contribution in [-0.4, -0.2) is 33.5 Å².